The van der Waals surface area contributed by atoms with Crippen molar-refractivity contribution in [1.82, 2.24) is 9.21 Å². The monoisotopic (exact) mass is 631 g/mol. The first kappa shape index (κ1) is 33.3. The highest BCUT2D eigenvalue weighted by atomic mass is 32.2. The van der Waals surface area contributed by atoms with Crippen LogP contribution < -0.4 is 9.46 Å². The van der Waals surface area contributed by atoms with Crippen LogP contribution in [0.25, 0.3) is 0 Å². The van der Waals surface area contributed by atoms with E-state index >= 15 is 0 Å². The van der Waals surface area contributed by atoms with Crippen molar-refractivity contribution in [3.05, 3.63) is 41.3 Å². The van der Waals surface area contributed by atoms with E-state index in [4.69, 9.17) is 9.47 Å². The highest BCUT2D eigenvalue weighted by Crippen LogP contribution is 2.29. The first-order valence-corrected chi connectivity index (χ1v) is 17.8. The second-order valence-corrected chi connectivity index (χ2v) is 15.6. The standard InChI is InChI=1S/C27H41N3O8S3/c1-19-16-30(20(2)18-31)27(32)23-15-22(28-40(5,33)34)11-12-24(23)38-21(3)9-6-7-13-37-25(19)17-29(4)41(35,36)26-10-8-14-39-26/h8,10-12,14-15,19-21,25,28,31H,6-7,9,13,16-18H2,1-5H3/t19-,20-,21-,25-/m1/s1. The van der Waals surface area contributed by atoms with Crippen LogP contribution in [0.3, 0.4) is 0 Å². The number of anilines is 1. The van der Waals surface area contributed by atoms with Gasteiger partial charge in [0.05, 0.1) is 36.7 Å². The average molecular weight is 632 g/mol. The molecule has 2 aromatic rings. The van der Waals surface area contributed by atoms with Gasteiger partial charge in [0, 0.05) is 38.3 Å². The van der Waals surface area contributed by atoms with Gasteiger partial charge in [0.25, 0.3) is 15.9 Å². The summed E-state index contributed by atoms with van der Waals surface area (Å²) in [6.45, 7) is 5.81. The van der Waals surface area contributed by atoms with Crippen molar-refractivity contribution < 1.29 is 36.2 Å². The summed E-state index contributed by atoms with van der Waals surface area (Å²) in [5, 5.41) is 11.8. The Morgan fingerprint density at radius 2 is 1.93 bits per heavy atom. The number of nitrogens with zero attached hydrogens (tertiary/aromatic N) is 2. The molecule has 1 aliphatic heterocycles. The summed E-state index contributed by atoms with van der Waals surface area (Å²) >= 11 is 1.14. The molecule has 0 unspecified atom stereocenters. The maximum Gasteiger partial charge on any atom is 0.258 e. The number of thiophene rings is 1. The zero-order valence-corrected chi connectivity index (χ0v) is 26.6. The Morgan fingerprint density at radius 3 is 2.56 bits per heavy atom. The number of ether oxygens (including phenoxy) is 2. The summed E-state index contributed by atoms with van der Waals surface area (Å²) in [4.78, 5) is 15.5. The summed E-state index contributed by atoms with van der Waals surface area (Å²) in [6, 6.07) is 7.21. The molecule has 0 aliphatic carbocycles. The molecule has 4 atom stereocenters. The van der Waals surface area contributed by atoms with Crippen LogP contribution in [0.15, 0.2) is 39.9 Å². The van der Waals surface area contributed by atoms with E-state index in [2.05, 4.69) is 4.72 Å². The van der Waals surface area contributed by atoms with Gasteiger partial charge in [-0.1, -0.05) is 13.0 Å². The summed E-state index contributed by atoms with van der Waals surface area (Å²) in [5.74, 6) is -0.457. The lowest BCUT2D eigenvalue weighted by Gasteiger charge is -2.35. The van der Waals surface area contributed by atoms with Crippen molar-refractivity contribution in [3.8, 4) is 5.75 Å². The van der Waals surface area contributed by atoms with Crippen LogP contribution in [0.4, 0.5) is 5.69 Å². The maximum absolute atomic E-state index is 14.0. The Balaban J connectivity index is 1.98. The third-order valence-corrected chi connectivity index (χ3v) is 10.8. The molecule has 230 valence electrons. The van der Waals surface area contributed by atoms with Crippen LogP contribution in [0.5, 0.6) is 5.75 Å². The second-order valence-electron chi connectivity index (χ2n) is 10.6. The van der Waals surface area contributed by atoms with Gasteiger partial charge in [-0.15, -0.1) is 11.3 Å². The van der Waals surface area contributed by atoms with E-state index in [1.165, 1.54) is 22.3 Å². The van der Waals surface area contributed by atoms with Crippen LogP contribution in [0.1, 0.15) is 50.4 Å². The molecule has 0 saturated carbocycles. The molecule has 2 heterocycles. The zero-order valence-electron chi connectivity index (χ0n) is 24.1. The Labute approximate surface area is 247 Å². The summed E-state index contributed by atoms with van der Waals surface area (Å²) in [6.07, 6.45) is 2.46. The van der Waals surface area contributed by atoms with Gasteiger partial charge in [-0.05, 0) is 62.8 Å². The molecule has 0 radical (unpaired) electrons. The minimum absolute atomic E-state index is 0.0788. The molecule has 14 heteroatoms. The molecule has 11 nitrogen and oxygen atoms in total. The number of amides is 1. The van der Waals surface area contributed by atoms with Crippen molar-refractivity contribution in [2.24, 2.45) is 5.92 Å². The molecule has 2 N–H and O–H groups in total. The number of fused-ring (bicyclic) bond motifs is 1. The number of hydrogen-bond donors (Lipinski definition) is 2. The normalized spacial score (nSPS) is 22.5. The van der Waals surface area contributed by atoms with Gasteiger partial charge in [-0.2, -0.15) is 4.31 Å². The summed E-state index contributed by atoms with van der Waals surface area (Å²) in [5.41, 5.74) is 0.369. The second kappa shape index (κ2) is 14.3. The number of aliphatic hydroxyl groups is 1. The fourth-order valence-electron chi connectivity index (χ4n) is 4.58. The number of likely N-dealkylation sites (N-methyl/N-ethyl adjacent to an activating group) is 1. The number of hydrogen-bond acceptors (Lipinski definition) is 9. The fourth-order valence-corrected chi connectivity index (χ4v) is 7.52. The van der Waals surface area contributed by atoms with Crippen LogP contribution in [0.2, 0.25) is 0 Å². The summed E-state index contributed by atoms with van der Waals surface area (Å²) < 4.78 is 66.3. The van der Waals surface area contributed by atoms with E-state index in [-0.39, 0.29) is 47.2 Å². The van der Waals surface area contributed by atoms with E-state index in [9.17, 15) is 26.7 Å². The third-order valence-electron chi connectivity index (χ3n) is 6.95. The Bertz CT molecular complexity index is 1370. The minimum atomic E-state index is -3.71. The van der Waals surface area contributed by atoms with Crippen LogP contribution in [0, 0.1) is 5.92 Å². The van der Waals surface area contributed by atoms with Crippen LogP contribution >= 0.6 is 11.3 Å². The highest BCUT2D eigenvalue weighted by molar-refractivity contribution is 7.92. The quantitative estimate of drug-likeness (QED) is 0.452. The largest absolute Gasteiger partial charge is 0.490 e. The SMILES string of the molecule is C[C@@H]1CCCCO[C@H](CN(C)S(=O)(=O)c2cccs2)[C@H](C)CN([C@H](C)CO)C(=O)c2cc(NS(C)(=O)=O)ccc2O1. The van der Waals surface area contributed by atoms with Gasteiger partial charge >= 0.3 is 0 Å². The lowest BCUT2D eigenvalue weighted by atomic mass is 10.0. The van der Waals surface area contributed by atoms with E-state index in [0.717, 1.165) is 30.4 Å². The van der Waals surface area contributed by atoms with E-state index in [0.29, 0.717) is 18.8 Å². The van der Waals surface area contributed by atoms with Crippen LogP contribution in [-0.2, 0) is 24.8 Å². The predicted octanol–water partition coefficient (Wildman–Crippen LogP) is 3.24. The maximum atomic E-state index is 14.0. The molecular weight excluding hydrogens is 591 g/mol. The number of carbonyl (C=O) groups is 1. The van der Waals surface area contributed by atoms with Crippen molar-refractivity contribution >= 4 is 43.0 Å². The van der Waals surface area contributed by atoms with Crippen molar-refractivity contribution in [3.63, 3.8) is 0 Å². The smallest absolute Gasteiger partial charge is 0.258 e. The molecule has 1 aromatic carbocycles. The number of benzene rings is 1. The molecule has 1 aromatic heterocycles. The van der Waals surface area contributed by atoms with Crippen molar-refractivity contribution in [2.45, 2.75) is 62.5 Å². The number of sulfonamides is 2. The highest BCUT2D eigenvalue weighted by Gasteiger charge is 2.32. The molecule has 1 aliphatic rings. The van der Waals surface area contributed by atoms with Gasteiger partial charge in [-0.3, -0.25) is 9.52 Å². The lowest BCUT2D eigenvalue weighted by molar-refractivity contribution is -0.00832. The third kappa shape index (κ3) is 9.13. The zero-order chi connectivity index (χ0) is 30.4. The average Bonchev–Trinajstić information content (AvgIpc) is 3.45. The minimum Gasteiger partial charge on any atom is -0.490 e. The van der Waals surface area contributed by atoms with Gasteiger partial charge in [0.2, 0.25) is 10.0 Å². The predicted molar refractivity (Wildman–Crippen MR) is 159 cm³/mol. The van der Waals surface area contributed by atoms with Gasteiger partial charge in [0.15, 0.2) is 0 Å². The number of carbonyl (C=O) groups excluding carboxylic acids is 1. The van der Waals surface area contributed by atoms with Gasteiger partial charge in [0.1, 0.15) is 9.96 Å². The van der Waals surface area contributed by atoms with E-state index < -0.39 is 38.1 Å². The summed E-state index contributed by atoms with van der Waals surface area (Å²) in [7, 11) is -5.79. The topological polar surface area (TPSA) is 143 Å². The molecule has 3 rings (SSSR count). The van der Waals surface area contributed by atoms with Gasteiger partial charge in [-0.25, -0.2) is 16.8 Å². The van der Waals surface area contributed by atoms with E-state index in [1.807, 2.05) is 13.8 Å². The van der Waals surface area contributed by atoms with Crippen molar-refractivity contribution in [1.29, 1.82) is 0 Å². The van der Waals surface area contributed by atoms with Crippen LogP contribution in [-0.4, -0.2) is 94.9 Å². The van der Waals surface area contributed by atoms with Crippen molar-refractivity contribution in [2.75, 3.05) is 44.3 Å². The van der Waals surface area contributed by atoms with E-state index in [1.54, 1.807) is 36.6 Å². The Hall–Kier alpha value is -2.23. The molecule has 1 amide bonds. The molecule has 0 bridgehead atoms. The number of aliphatic hydroxyl groups excluding tert-OH is 1. The molecule has 0 spiro atoms. The lowest BCUT2D eigenvalue weighted by Crippen LogP contribution is -2.48. The fraction of sp³-hybridized carbons (Fsp3) is 0.593. The number of nitrogens with one attached hydrogen (secondary N) is 1. The Morgan fingerprint density at radius 1 is 1.20 bits per heavy atom. The molecule has 0 saturated heterocycles. The molecular formula is C27H41N3O8S3. The first-order valence-electron chi connectivity index (χ1n) is 13.5. The number of rotatable bonds is 8. The van der Waals surface area contributed by atoms with Gasteiger partial charge < -0.3 is 19.5 Å². The molecule has 41 heavy (non-hydrogen) atoms. The molecule has 0 fully saturated rings. The Kier molecular flexibility index (Phi) is 11.6. The first-order chi connectivity index (χ1) is 19.2.